The summed E-state index contributed by atoms with van der Waals surface area (Å²) in [4.78, 5) is 21.2. The molecular weight excluding hydrogens is 514 g/mol. The van der Waals surface area contributed by atoms with Crippen molar-refractivity contribution in [1.29, 1.82) is 0 Å². The zero-order valence-electron chi connectivity index (χ0n) is 21.2. The number of rotatable bonds is 6. The van der Waals surface area contributed by atoms with E-state index in [0.29, 0.717) is 16.8 Å². The summed E-state index contributed by atoms with van der Waals surface area (Å²) in [6, 6.07) is 9.23. The van der Waals surface area contributed by atoms with Crippen molar-refractivity contribution in [1.82, 2.24) is 24.7 Å². The standard InChI is InChI=1S/C28H23F4N5O2/c1-15-11-34-36-25(15)19-10-16(2)35-26-18(19)6-4-8-24(26)39-14-20-17(3)22(29)12-33-23(20)13-37-9-5-7-21(27(37)38)28(30,31)32/h4-12H,13-14H2,1-3H3,(H,34,36). The number of benzene rings is 1. The van der Waals surface area contributed by atoms with Gasteiger partial charge in [0.2, 0.25) is 0 Å². The summed E-state index contributed by atoms with van der Waals surface area (Å²) in [5.41, 5.74) is 2.19. The Labute approximate surface area is 220 Å². The van der Waals surface area contributed by atoms with Crippen LogP contribution in [0.2, 0.25) is 0 Å². The lowest BCUT2D eigenvalue weighted by Crippen LogP contribution is -2.29. The summed E-state index contributed by atoms with van der Waals surface area (Å²) in [7, 11) is 0. The van der Waals surface area contributed by atoms with Crippen LogP contribution in [0, 0.1) is 26.6 Å². The highest BCUT2D eigenvalue weighted by atomic mass is 19.4. The van der Waals surface area contributed by atoms with E-state index < -0.39 is 23.1 Å². The van der Waals surface area contributed by atoms with Gasteiger partial charge in [-0.05, 0) is 56.2 Å². The van der Waals surface area contributed by atoms with E-state index in [0.717, 1.165) is 50.8 Å². The number of nitrogens with zero attached hydrogens (tertiary/aromatic N) is 4. The van der Waals surface area contributed by atoms with E-state index in [-0.39, 0.29) is 24.4 Å². The fraction of sp³-hybridized carbons (Fsp3) is 0.214. The number of aromatic nitrogens is 5. The van der Waals surface area contributed by atoms with E-state index in [2.05, 4.69) is 20.2 Å². The van der Waals surface area contributed by atoms with Crippen LogP contribution in [0.15, 0.2) is 59.8 Å². The topological polar surface area (TPSA) is 85.7 Å². The minimum absolute atomic E-state index is 0.148. The number of alkyl halides is 3. The minimum Gasteiger partial charge on any atom is -0.487 e. The Morgan fingerprint density at radius 3 is 2.62 bits per heavy atom. The molecule has 1 aromatic carbocycles. The van der Waals surface area contributed by atoms with Gasteiger partial charge in [0.1, 0.15) is 29.3 Å². The minimum atomic E-state index is -4.80. The van der Waals surface area contributed by atoms with Crippen LogP contribution < -0.4 is 10.3 Å². The van der Waals surface area contributed by atoms with Crippen LogP contribution in [0.3, 0.4) is 0 Å². The lowest BCUT2D eigenvalue weighted by molar-refractivity contribution is -0.138. The van der Waals surface area contributed by atoms with Crippen LogP contribution in [0.4, 0.5) is 17.6 Å². The van der Waals surface area contributed by atoms with Crippen molar-refractivity contribution in [2.75, 3.05) is 0 Å². The molecule has 7 nitrogen and oxygen atoms in total. The van der Waals surface area contributed by atoms with Crippen molar-refractivity contribution in [2.45, 2.75) is 40.1 Å². The second-order valence-corrected chi connectivity index (χ2v) is 9.18. The monoisotopic (exact) mass is 537 g/mol. The van der Waals surface area contributed by atoms with E-state index in [9.17, 15) is 22.4 Å². The van der Waals surface area contributed by atoms with E-state index in [1.54, 1.807) is 18.3 Å². The predicted molar refractivity (Wildman–Crippen MR) is 137 cm³/mol. The van der Waals surface area contributed by atoms with Gasteiger partial charge in [-0.2, -0.15) is 18.3 Å². The summed E-state index contributed by atoms with van der Waals surface area (Å²) < 4.78 is 61.3. The third kappa shape index (κ3) is 4.99. The third-order valence-corrected chi connectivity index (χ3v) is 6.53. The molecule has 5 aromatic rings. The summed E-state index contributed by atoms with van der Waals surface area (Å²) >= 11 is 0. The first-order valence-corrected chi connectivity index (χ1v) is 12.0. The molecule has 1 N–H and O–H groups in total. The second kappa shape index (κ2) is 9.97. The lowest BCUT2D eigenvalue weighted by Gasteiger charge is -2.17. The van der Waals surface area contributed by atoms with Crippen molar-refractivity contribution < 1.29 is 22.3 Å². The molecule has 4 heterocycles. The molecule has 4 aromatic heterocycles. The van der Waals surface area contributed by atoms with Crippen LogP contribution in [0.25, 0.3) is 22.2 Å². The average Bonchev–Trinajstić information content (AvgIpc) is 3.31. The number of pyridine rings is 3. The molecule has 39 heavy (non-hydrogen) atoms. The van der Waals surface area contributed by atoms with E-state index in [1.165, 1.54) is 13.1 Å². The van der Waals surface area contributed by atoms with Crippen LogP contribution in [0.5, 0.6) is 5.75 Å². The van der Waals surface area contributed by atoms with Crippen LogP contribution >= 0.6 is 0 Å². The van der Waals surface area contributed by atoms with Gasteiger partial charge >= 0.3 is 6.18 Å². The fourth-order valence-corrected chi connectivity index (χ4v) is 4.47. The van der Waals surface area contributed by atoms with Gasteiger partial charge in [0.25, 0.3) is 5.56 Å². The maximum absolute atomic E-state index is 14.5. The molecule has 0 fully saturated rings. The molecule has 0 spiro atoms. The Balaban J connectivity index is 1.52. The molecule has 0 aliphatic rings. The normalized spacial score (nSPS) is 11.8. The molecule has 0 unspecified atom stereocenters. The number of aryl methyl sites for hydroxylation is 2. The molecule has 5 rings (SSSR count). The van der Waals surface area contributed by atoms with Gasteiger partial charge in [0.15, 0.2) is 0 Å². The van der Waals surface area contributed by atoms with Crippen LogP contribution in [-0.2, 0) is 19.3 Å². The van der Waals surface area contributed by atoms with Gasteiger partial charge in [-0.3, -0.25) is 14.9 Å². The first-order valence-electron chi connectivity index (χ1n) is 12.0. The zero-order chi connectivity index (χ0) is 27.9. The molecule has 0 aliphatic carbocycles. The van der Waals surface area contributed by atoms with Gasteiger partial charge in [0, 0.05) is 34.6 Å². The summed E-state index contributed by atoms with van der Waals surface area (Å²) in [5.74, 6) is -0.173. The zero-order valence-corrected chi connectivity index (χ0v) is 21.2. The SMILES string of the molecule is Cc1cc(-c2n[nH]cc2C)c2cccc(OCc3c(Cn4cccc(C(F)(F)F)c4=O)ncc(F)c3C)c2n1. The number of para-hydroxylation sites is 1. The van der Waals surface area contributed by atoms with Gasteiger partial charge in [-0.25, -0.2) is 9.37 Å². The smallest absolute Gasteiger partial charge is 0.421 e. The van der Waals surface area contributed by atoms with Crippen molar-refractivity contribution in [2.24, 2.45) is 0 Å². The van der Waals surface area contributed by atoms with Crippen LogP contribution in [-0.4, -0.2) is 24.7 Å². The first-order chi connectivity index (χ1) is 18.5. The molecule has 0 saturated heterocycles. The van der Waals surface area contributed by atoms with Crippen molar-refractivity contribution in [3.63, 3.8) is 0 Å². The van der Waals surface area contributed by atoms with Gasteiger partial charge in [-0.15, -0.1) is 0 Å². The highest BCUT2D eigenvalue weighted by molar-refractivity contribution is 5.97. The van der Waals surface area contributed by atoms with Crippen LogP contribution in [0.1, 0.15) is 33.6 Å². The number of H-pyrrole nitrogens is 1. The largest absolute Gasteiger partial charge is 0.487 e. The van der Waals surface area contributed by atoms with Crippen molar-refractivity contribution in [3.05, 3.63) is 105 Å². The number of hydrogen-bond donors (Lipinski definition) is 1. The third-order valence-electron chi connectivity index (χ3n) is 6.53. The Bertz CT molecular complexity index is 1760. The predicted octanol–water partition coefficient (Wildman–Crippen LogP) is 5.89. The highest BCUT2D eigenvalue weighted by Crippen LogP contribution is 2.34. The number of aromatic amines is 1. The Hall–Kier alpha value is -4.54. The number of hydrogen-bond acceptors (Lipinski definition) is 5. The van der Waals surface area contributed by atoms with Gasteiger partial charge in [0.05, 0.1) is 24.1 Å². The second-order valence-electron chi connectivity index (χ2n) is 9.18. The maximum Gasteiger partial charge on any atom is 0.421 e. The number of fused-ring (bicyclic) bond motifs is 1. The molecule has 0 bridgehead atoms. The van der Waals surface area contributed by atoms with E-state index in [4.69, 9.17) is 4.74 Å². The van der Waals surface area contributed by atoms with Crippen molar-refractivity contribution in [3.8, 4) is 17.0 Å². The molecule has 0 aliphatic heterocycles. The number of halogens is 4. The quantitative estimate of drug-likeness (QED) is 0.273. The number of ether oxygens (including phenoxy) is 1. The molecule has 0 radical (unpaired) electrons. The summed E-state index contributed by atoms with van der Waals surface area (Å²) in [6.45, 7) is 4.88. The summed E-state index contributed by atoms with van der Waals surface area (Å²) in [6.07, 6.45) is -0.786. The molecule has 0 atom stereocenters. The fourth-order valence-electron chi connectivity index (χ4n) is 4.47. The molecule has 0 amide bonds. The van der Waals surface area contributed by atoms with E-state index in [1.807, 2.05) is 26.0 Å². The Kier molecular flexibility index (Phi) is 6.67. The van der Waals surface area contributed by atoms with Gasteiger partial charge < -0.3 is 9.30 Å². The van der Waals surface area contributed by atoms with Gasteiger partial charge in [-0.1, -0.05) is 12.1 Å². The van der Waals surface area contributed by atoms with Crippen molar-refractivity contribution >= 4 is 10.9 Å². The Morgan fingerprint density at radius 1 is 1.10 bits per heavy atom. The molecule has 0 saturated carbocycles. The summed E-state index contributed by atoms with van der Waals surface area (Å²) in [5, 5.41) is 8.03. The maximum atomic E-state index is 14.5. The number of nitrogens with one attached hydrogen (secondary N) is 1. The average molecular weight is 538 g/mol. The highest BCUT2D eigenvalue weighted by Gasteiger charge is 2.34. The van der Waals surface area contributed by atoms with E-state index >= 15 is 0 Å². The molecule has 200 valence electrons. The first kappa shape index (κ1) is 26.1. The molecular formula is C28H23F4N5O2. The molecule has 11 heteroatoms. The Morgan fingerprint density at radius 2 is 1.90 bits per heavy atom. The lowest BCUT2D eigenvalue weighted by atomic mass is 10.0.